The molecule has 0 saturated carbocycles. The second-order valence-electron chi connectivity index (χ2n) is 8.11. The Bertz CT molecular complexity index is 1020. The first kappa shape index (κ1) is 23.1. The predicted octanol–water partition coefficient (Wildman–Crippen LogP) is 5.01. The van der Waals surface area contributed by atoms with E-state index in [1.54, 1.807) is 45.2 Å². The Morgan fingerprint density at radius 3 is 2.34 bits per heavy atom. The maximum Gasteiger partial charge on any atom is 0.407 e. The smallest absolute Gasteiger partial charge is 0.407 e. The lowest BCUT2D eigenvalue weighted by molar-refractivity contribution is 0.0489. The first-order valence-corrected chi connectivity index (χ1v) is 10.4. The van der Waals surface area contributed by atoms with Crippen LogP contribution in [0.5, 0.6) is 17.2 Å². The summed E-state index contributed by atoms with van der Waals surface area (Å²) in [6, 6.07) is 20.5. The van der Waals surface area contributed by atoms with Crippen molar-refractivity contribution in [3.8, 4) is 17.2 Å². The van der Waals surface area contributed by atoms with Crippen molar-refractivity contribution >= 4 is 6.09 Å². The Morgan fingerprint density at radius 2 is 1.62 bits per heavy atom. The Balaban J connectivity index is 1.69. The number of ether oxygens (including phenoxy) is 3. The predicted molar refractivity (Wildman–Crippen MR) is 121 cm³/mol. The number of hydrogen-bond donors (Lipinski definition) is 2. The lowest BCUT2D eigenvalue weighted by Crippen LogP contribution is -2.35. The van der Waals surface area contributed by atoms with E-state index in [0.29, 0.717) is 29.5 Å². The zero-order valence-corrected chi connectivity index (χ0v) is 18.4. The topological polar surface area (TPSA) is 89.9 Å². The lowest BCUT2D eigenvalue weighted by Gasteiger charge is -2.21. The average Bonchev–Trinajstić information content (AvgIpc) is 2.77. The van der Waals surface area contributed by atoms with Crippen LogP contribution >= 0.6 is 0 Å². The van der Waals surface area contributed by atoms with Crippen molar-refractivity contribution in [1.29, 1.82) is 0 Å². The number of aromatic nitrogens is 1. The Morgan fingerprint density at radius 1 is 0.969 bits per heavy atom. The molecule has 0 radical (unpaired) electrons. The minimum atomic E-state index is -1.09. The Hall–Kier alpha value is -3.58. The molecule has 1 atom stereocenters. The third-order valence-corrected chi connectivity index (χ3v) is 4.26. The summed E-state index contributed by atoms with van der Waals surface area (Å²) in [6.45, 7) is 5.62. The normalized spacial score (nSPS) is 12.0. The van der Waals surface area contributed by atoms with Gasteiger partial charge in [0, 0.05) is 6.20 Å². The number of aliphatic hydroxyl groups is 1. The van der Waals surface area contributed by atoms with Gasteiger partial charge < -0.3 is 24.6 Å². The highest BCUT2D eigenvalue weighted by Gasteiger charge is 2.20. The van der Waals surface area contributed by atoms with Crippen molar-refractivity contribution in [2.75, 3.05) is 6.54 Å². The van der Waals surface area contributed by atoms with Crippen LogP contribution in [-0.4, -0.2) is 28.3 Å². The van der Waals surface area contributed by atoms with Crippen molar-refractivity contribution in [3.63, 3.8) is 0 Å². The van der Waals surface area contributed by atoms with Crippen LogP contribution in [-0.2, 0) is 11.3 Å². The molecular formula is C25H28N2O5. The van der Waals surface area contributed by atoms with E-state index in [-0.39, 0.29) is 6.54 Å². The summed E-state index contributed by atoms with van der Waals surface area (Å²) in [6.07, 6.45) is -0.151. The van der Waals surface area contributed by atoms with Crippen molar-refractivity contribution in [3.05, 3.63) is 84.2 Å². The average molecular weight is 437 g/mol. The van der Waals surface area contributed by atoms with Gasteiger partial charge in [0.25, 0.3) is 0 Å². The molecule has 2 aromatic carbocycles. The van der Waals surface area contributed by atoms with Crippen molar-refractivity contribution < 1.29 is 24.1 Å². The van der Waals surface area contributed by atoms with E-state index in [1.165, 1.54) is 0 Å². The first-order valence-electron chi connectivity index (χ1n) is 10.4. The molecule has 7 heteroatoms. The van der Waals surface area contributed by atoms with Gasteiger partial charge in [-0.05, 0) is 50.6 Å². The monoisotopic (exact) mass is 436 g/mol. The largest absolute Gasteiger partial charge is 0.485 e. The van der Waals surface area contributed by atoms with Gasteiger partial charge in [-0.3, -0.25) is 4.98 Å². The highest BCUT2D eigenvalue weighted by Crippen LogP contribution is 2.34. The van der Waals surface area contributed by atoms with Crippen molar-refractivity contribution in [2.45, 2.75) is 39.1 Å². The molecule has 2 N–H and O–H groups in total. The summed E-state index contributed by atoms with van der Waals surface area (Å²) in [7, 11) is 0. The van der Waals surface area contributed by atoms with Crippen molar-refractivity contribution in [2.24, 2.45) is 0 Å². The van der Waals surface area contributed by atoms with Crippen LogP contribution in [0.25, 0.3) is 0 Å². The molecular weight excluding hydrogens is 408 g/mol. The number of hydrogen-bond acceptors (Lipinski definition) is 6. The molecule has 0 fully saturated rings. The SMILES string of the molecule is CC(C)(C)OC(=O)NCC(O)c1ncccc1Oc1ccccc1OCc1ccccc1. The molecule has 0 spiro atoms. The highest BCUT2D eigenvalue weighted by atomic mass is 16.6. The van der Waals surface area contributed by atoms with Gasteiger partial charge in [0.15, 0.2) is 17.2 Å². The number of aliphatic hydroxyl groups excluding tert-OH is 1. The van der Waals surface area contributed by atoms with Gasteiger partial charge in [-0.25, -0.2) is 4.79 Å². The molecule has 3 rings (SSSR count). The van der Waals surface area contributed by atoms with Gasteiger partial charge in [-0.2, -0.15) is 0 Å². The zero-order chi connectivity index (χ0) is 23.0. The van der Waals surface area contributed by atoms with Gasteiger partial charge in [-0.15, -0.1) is 0 Å². The van der Waals surface area contributed by atoms with E-state index in [9.17, 15) is 9.90 Å². The van der Waals surface area contributed by atoms with E-state index in [0.717, 1.165) is 5.56 Å². The molecule has 1 heterocycles. The van der Waals surface area contributed by atoms with E-state index in [4.69, 9.17) is 14.2 Å². The fourth-order valence-corrected chi connectivity index (χ4v) is 2.84. The number of benzene rings is 2. The van der Waals surface area contributed by atoms with Gasteiger partial charge in [0.2, 0.25) is 0 Å². The Labute approximate surface area is 188 Å². The van der Waals surface area contributed by atoms with Crippen LogP contribution in [0.15, 0.2) is 72.9 Å². The van der Waals surface area contributed by atoms with Crippen molar-refractivity contribution in [1.82, 2.24) is 10.3 Å². The molecule has 0 aliphatic carbocycles. The number of nitrogens with one attached hydrogen (secondary N) is 1. The summed E-state index contributed by atoms with van der Waals surface area (Å²) >= 11 is 0. The summed E-state index contributed by atoms with van der Waals surface area (Å²) in [5.41, 5.74) is 0.701. The van der Waals surface area contributed by atoms with Gasteiger partial charge >= 0.3 is 6.09 Å². The third-order valence-electron chi connectivity index (χ3n) is 4.26. The summed E-state index contributed by atoms with van der Waals surface area (Å²) in [5.74, 6) is 1.42. The molecule has 0 saturated heterocycles. The lowest BCUT2D eigenvalue weighted by atomic mass is 10.2. The van der Waals surface area contributed by atoms with Crippen LogP contribution in [0.1, 0.15) is 38.1 Å². The number of para-hydroxylation sites is 2. The molecule has 32 heavy (non-hydrogen) atoms. The molecule has 1 amide bonds. The second kappa shape index (κ2) is 10.6. The summed E-state index contributed by atoms with van der Waals surface area (Å²) in [4.78, 5) is 16.1. The van der Waals surface area contributed by atoms with Gasteiger partial charge in [0.05, 0.1) is 6.54 Å². The second-order valence-corrected chi connectivity index (χ2v) is 8.11. The minimum Gasteiger partial charge on any atom is -0.485 e. The van der Waals surface area contributed by atoms with Gasteiger partial charge in [-0.1, -0.05) is 42.5 Å². The van der Waals surface area contributed by atoms with Crippen LogP contribution in [0.3, 0.4) is 0 Å². The highest BCUT2D eigenvalue weighted by molar-refractivity contribution is 5.67. The summed E-state index contributed by atoms with van der Waals surface area (Å²) in [5, 5.41) is 13.2. The molecule has 0 aliphatic heterocycles. The van der Waals surface area contributed by atoms with Gasteiger partial charge in [0.1, 0.15) is 24.0 Å². The molecule has 168 valence electrons. The third kappa shape index (κ3) is 6.99. The fraction of sp³-hybridized carbons (Fsp3) is 0.280. The number of amides is 1. The van der Waals surface area contributed by atoms with Crippen LogP contribution in [0.2, 0.25) is 0 Å². The maximum absolute atomic E-state index is 11.9. The first-order chi connectivity index (χ1) is 15.3. The molecule has 1 aromatic heterocycles. The molecule has 0 aliphatic rings. The van der Waals surface area contributed by atoms with E-state index in [2.05, 4.69) is 10.3 Å². The van der Waals surface area contributed by atoms with Crippen LogP contribution in [0, 0.1) is 0 Å². The Kier molecular flexibility index (Phi) is 7.68. The number of rotatable bonds is 8. The standard InChI is InChI=1S/C25H28N2O5/c1-25(2,3)32-24(29)27-16-19(28)23-22(14-9-15-26-23)31-21-13-8-7-12-20(21)30-17-18-10-5-4-6-11-18/h4-15,19,28H,16-17H2,1-3H3,(H,27,29). The number of nitrogens with zero attached hydrogens (tertiary/aromatic N) is 1. The van der Waals surface area contributed by atoms with Crippen LogP contribution < -0.4 is 14.8 Å². The maximum atomic E-state index is 11.9. The number of carbonyl (C=O) groups excluding carboxylic acids is 1. The fourth-order valence-electron chi connectivity index (χ4n) is 2.84. The molecule has 3 aromatic rings. The van der Waals surface area contributed by atoms with E-state index < -0.39 is 17.8 Å². The minimum absolute atomic E-state index is 0.0750. The number of pyridine rings is 1. The molecule has 7 nitrogen and oxygen atoms in total. The number of alkyl carbamates (subject to hydrolysis) is 1. The van der Waals surface area contributed by atoms with E-state index >= 15 is 0 Å². The number of carbonyl (C=O) groups is 1. The molecule has 0 bridgehead atoms. The van der Waals surface area contributed by atoms with Crippen LogP contribution in [0.4, 0.5) is 4.79 Å². The summed E-state index contributed by atoms with van der Waals surface area (Å²) < 4.78 is 17.2. The molecule has 1 unspecified atom stereocenters. The quantitative estimate of drug-likeness (QED) is 0.516. The van der Waals surface area contributed by atoms with E-state index in [1.807, 2.05) is 48.5 Å². The zero-order valence-electron chi connectivity index (χ0n) is 18.4.